The molecule has 0 aliphatic carbocycles. The average molecular weight is 396 g/mol. The largest absolute Gasteiger partial charge is 0.496 e. The summed E-state index contributed by atoms with van der Waals surface area (Å²) in [5, 5.41) is 3.17. The highest BCUT2D eigenvalue weighted by Crippen LogP contribution is 2.32. The van der Waals surface area contributed by atoms with Gasteiger partial charge in [0.2, 0.25) is 5.91 Å². The standard InChI is InChI=1S/C26H37NO2/c1-17(2)22-16-23(18(3)15-24(22)29-8)19(4)27-25(28)14-11-20-9-12-21(13-10-20)26(5,6)7/h9-10,12-13,15-17,19H,11,14H2,1-8H3,(H,27,28)/t19-/m0/s1. The normalized spacial score (nSPS) is 12.7. The summed E-state index contributed by atoms with van der Waals surface area (Å²) in [6.45, 7) is 15.1. The van der Waals surface area contributed by atoms with E-state index < -0.39 is 0 Å². The Hall–Kier alpha value is -2.29. The van der Waals surface area contributed by atoms with Gasteiger partial charge in [0.25, 0.3) is 0 Å². The van der Waals surface area contributed by atoms with Gasteiger partial charge in [-0.05, 0) is 71.6 Å². The number of carbonyl (C=O) groups excluding carboxylic acids is 1. The van der Waals surface area contributed by atoms with Gasteiger partial charge < -0.3 is 10.1 Å². The molecule has 0 bridgehead atoms. The molecule has 0 radical (unpaired) electrons. The average Bonchev–Trinajstić information content (AvgIpc) is 2.65. The van der Waals surface area contributed by atoms with Crippen LogP contribution in [0.4, 0.5) is 0 Å². The van der Waals surface area contributed by atoms with Crippen molar-refractivity contribution in [1.82, 2.24) is 5.32 Å². The molecule has 0 unspecified atom stereocenters. The second kappa shape index (κ2) is 9.47. The zero-order valence-electron chi connectivity index (χ0n) is 19.3. The van der Waals surface area contributed by atoms with Crippen LogP contribution in [0.5, 0.6) is 5.75 Å². The summed E-state index contributed by atoms with van der Waals surface area (Å²) in [6, 6.07) is 12.8. The fourth-order valence-electron chi connectivity index (χ4n) is 3.63. The van der Waals surface area contributed by atoms with Gasteiger partial charge >= 0.3 is 0 Å². The number of hydrogen-bond acceptors (Lipinski definition) is 2. The third-order valence-corrected chi connectivity index (χ3v) is 5.55. The fourth-order valence-corrected chi connectivity index (χ4v) is 3.63. The molecule has 0 aliphatic heterocycles. The number of rotatable bonds is 7. The van der Waals surface area contributed by atoms with Gasteiger partial charge in [0.15, 0.2) is 0 Å². The first kappa shape index (κ1) is 23.0. The highest BCUT2D eigenvalue weighted by atomic mass is 16.5. The molecular formula is C26H37NO2. The lowest BCUT2D eigenvalue weighted by Crippen LogP contribution is -2.27. The molecule has 3 heteroatoms. The lowest BCUT2D eigenvalue weighted by atomic mass is 9.86. The Morgan fingerprint density at radius 1 is 1.03 bits per heavy atom. The predicted octanol–water partition coefficient (Wildman–Crippen LogP) is 6.23. The first-order chi connectivity index (χ1) is 13.5. The molecule has 1 N–H and O–H groups in total. The van der Waals surface area contributed by atoms with Crippen molar-refractivity contribution in [1.29, 1.82) is 0 Å². The molecule has 1 atom stereocenters. The minimum atomic E-state index is -0.0332. The molecule has 0 fully saturated rings. The van der Waals surface area contributed by atoms with Gasteiger partial charge in [-0.25, -0.2) is 0 Å². The van der Waals surface area contributed by atoms with Crippen LogP contribution < -0.4 is 10.1 Å². The van der Waals surface area contributed by atoms with Gasteiger partial charge in [-0.15, -0.1) is 0 Å². The number of benzene rings is 2. The molecule has 0 heterocycles. The van der Waals surface area contributed by atoms with Crippen LogP contribution in [0.3, 0.4) is 0 Å². The smallest absolute Gasteiger partial charge is 0.220 e. The highest BCUT2D eigenvalue weighted by Gasteiger charge is 2.17. The number of hydrogen-bond donors (Lipinski definition) is 1. The number of aryl methyl sites for hydroxylation is 2. The molecule has 2 aromatic carbocycles. The first-order valence-corrected chi connectivity index (χ1v) is 10.6. The third-order valence-electron chi connectivity index (χ3n) is 5.55. The van der Waals surface area contributed by atoms with Crippen molar-refractivity contribution in [3.05, 3.63) is 64.2 Å². The summed E-state index contributed by atoms with van der Waals surface area (Å²) in [5.74, 6) is 1.36. The van der Waals surface area contributed by atoms with E-state index in [9.17, 15) is 4.79 Å². The van der Waals surface area contributed by atoms with Crippen LogP contribution in [0, 0.1) is 6.92 Å². The van der Waals surface area contributed by atoms with E-state index in [0.29, 0.717) is 12.3 Å². The Morgan fingerprint density at radius 2 is 1.66 bits per heavy atom. The molecule has 2 aromatic rings. The van der Waals surface area contributed by atoms with E-state index in [4.69, 9.17) is 4.74 Å². The highest BCUT2D eigenvalue weighted by molar-refractivity contribution is 5.76. The van der Waals surface area contributed by atoms with Crippen LogP contribution in [-0.4, -0.2) is 13.0 Å². The Labute approximate surface area is 176 Å². The predicted molar refractivity (Wildman–Crippen MR) is 122 cm³/mol. The number of nitrogens with one attached hydrogen (secondary N) is 1. The molecular weight excluding hydrogens is 358 g/mol. The van der Waals surface area contributed by atoms with Crippen molar-refractivity contribution in [3.63, 3.8) is 0 Å². The molecule has 2 rings (SSSR count). The Bertz CT molecular complexity index is 829. The SMILES string of the molecule is COc1cc(C)c([C@H](C)NC(=O)CCc2ccc(C(C)(C)C)cc2)cc1C(C)C. The second-order valence-electron chi connectivity index (χ2n) is 9.34. The van der Waals surface area contributed by atoms with Crippen LogP contribution in [0.25, 0.3) is 0 Å². The van der Waals surface area contributed by atoms with Gasteiger partial charge in [-0.3, -0.25) is 4.79 Å². The van der Waals surface area contributed by atoms with E-state index in [2.05, 4.69) is 90.2 Å². The van der Waals surface area contributed by atoms with Gasteiger partial charge in [0, 0.05) is 6.42 Å². The van der Waals surface area contributed by atoms with Gasteiger partial charge in [-0.1, -0.05) is 58.9 Å². The van der Waals surface area contributed by atoms with E-state index in [0.717, 1.165) is 23.3 Å². The van der Waals surface area contributed by atoms with E-state index in [1.165, 1.54) is 16.7 Å². The quantitative estimate of drug-likeness (QED) is 0.603. The lowest BCUT2D eigenvalue weighted by Gasteiger charge is -2.21. The van der Waals surface area contributed by atoms with Crippen LogP contribution in [0.1, 0.15) is 87.7 Å². The summed E-state index contributed by atoms with van der Waals surface area (Å²) in [7, 11) is 1.71. The lowest BCUT2D eigenvalue weighted by molar-refractivity contribution is -0.121. The van der Waals surface area contributed by atoms with Crippen LogP contribution in [-0.2, 0) is 16.6 Å². The van der Waals surface area contributed by atoms with Gasteiger partial charge in [0.05, 0.1) is 13.2 Å². The Balaban J connectivity index is 2.01. The molecule has 158 valence electrons. The van der Waals surface area contributed by atoms with Crippen molar-refractivity contribution in [2.75, 3.05) is 7.11 Å². The third kappa shape index (κ3) is 6.09. The van der Waals surface area contributed by atoms with E-state index in [1.807, 2.05) is 0 Å². The molecule has 0 spiro atoms. The maximum atomic E-state index is 12.5. The van der Waals surface area contributed by atoms with Crippen molar-refractivity contribution in [2.24, 2.45) is 0 Å². The van der Waals surface area contributed by atoms with E-state index in [1.54, 1.807) is 7.11 Å². The topological polar surface area (TPSA) is 38.3 Å². The van der Waals surface area contributed by atoms with Crippen molar-refractivity contribution in [2.45, 2.75) is 78.7 Å². The Kier molecular flexibility index (Phi) is 7.51. The zero-order valence-corrected chi connectivity index (χ0v) is 19.3. The summed E-state index contributed by atoms with van der Waals surface area (Å²) in [6.07, 6.45) is 1.24. The fraction of sp³-hybridized carbons (Fsp3) is 0.500. The summed E-state index contributed by atoms with van der Waals surface area (Å²) in [4.78, 5) is 12.5. The Morgan fingerprint density at radius 3 is 2.17 bits per heavy atom. The minimum Gasteiger partial charge on any atom is -0.496 e. The van der Waals surface area contributed by atoms with Crippen molar-refractivity contribution in [3.8, 4) is 5.75 Å². The summed E-state index contributed by atoms with van der Waals surface area (Å²) in [5.41, 5.74) is 6.12. The second-order valence-corrected chi connectivity index (χ2v) is 9.34. The van der Waals surface area contributed by atoms with Gasteiger partial charge in [-0.2, -0.15) is 0 Å². The summed E-state index contributed by atoms with van der Waals surface area (Å²) >= 11 is 0. The van der Waals surface area contributed by atoms with Crippen LogP contribution >= 0.6 is 0 Å². The molecule has 1 amide bonds. The number of methoxy groups -OCH3 is 1. The number of carbonyl (C=O) groups is 1. The summed E-state index contributed by atoms with van der Waals surface area (Å²) < 4.78 is 5.53. The van der Waals surface area contributed by atoms with Gasteiger partial charge in [0.1, 0.15) is 5.75 Å². The number of ether oxygens (including phenoxy) is 1. The molecule has 0 aromatic heterocycles. The number of amides is 1. The van der Waals surface area contributed by atoms with Crippen molar-refractivity contribution < 1.29 is 9.53 Å². The molecule has 3 nitrogen and oxygen atoms in total. The zero-order chi connectivity index (χ0) is 21.8. The van der Waals surface area contributed by atoms with E-state index in [-0.39, 0.29) is 17.4 Å². The minimum absolute atomic E-state index is 0.0332. The van der Waals surface area contributed by atoms with Crippen LogP contribution in [0.2, 0.25) is 0 Å². The van der Waals surface area contributed by atoms with Crippen molar-refractivity contribution >= 4 is 5.91 Å². The maximum Gasteiger partial charge on any atom is 0.220 e. The first-order valence-electron chi connectivity index (χ1n) is 10.6. The van der Waals surface area contributed by atoms with E-state index >= 15 is 0 Å². The monoisotopic (exact) mass is 395 g/mol. The molecule has 0 aliphatic rings. The molecule has 0 saturated carbocycles. The maximum absolute atomic E-state index is 12.5. The molecule has 0 saturated heterocycles. The van der Waals surface area contributed by atoms with Crippen LogP contribution in [0.15, 0.2) is 36.4 Å². The molecule has 29 heavy (non-hydrogen) atoms.